The van der Waals surface area contributed by atoms with Crippen LogP contribution in [0.5, 0.6) is 0 Å². The molecule has 1 aliphatic heterocycles. The van der Waals surface area contributed by atoms with E-state index in [2.05, 4.69) is 0 Å². The second-order valence-corrected chi connectivity index (χ2v) is 5.15. The monoisotopic (exact) mass is 265 g/mol. The third-order valence-corrected chi connectivity index (χ3v) is 3.94. The fourth-order valence-electron chi connectivity index (χ4n) is 2.61. The van der Waals surface area contributed by atoms with E-state index in [0.29, 0.717) is 16.8 Å². The lowest BCUT2D eigenvalue weighted by atomic mass is 10.0. The Hall–Kier alpha value is -2.42. The van der Waals surface area contributed by atoms with Crippen molar-refractivity contribution in [3.05, 3.63) is 53.1 Å². The van der Waals surface area contributed by atoms with E-state index in [0.717, 1.165) is 16.3 Å². The highest BCUT2D eigenvalue weighted by Crippen LogP contribution is 2.35. The van der Waals surface area contributed by atoms with Gasteiger partial charge in [0.1, 0.15) is 0 Å². The van der Waals surface area contributed by atoms with Gasteiger partial charge in [-0.05, 0) is 31.7 Å². The highest BCUT2D eigenvalue weighted by molar-refractivity contribution is 6.34. The molecule has 0 spiro atoms. The number of hydrogen-bond acceptors (Lipinski definition) is 2. The van der Waals surface area contributed by atoms with Crippen LogP contribution in [0.2, 0.25) is 0 Å². The van der Waals surface area contributed by atoms with Crippen LogP contribution in [0.4, 0.5) is 5.69 Å². The van der Waals surface area contributed by atoms with Gasteiger partial charge in [0.05, 0.1) is 5.69 Å². The van der Waals surface area contributed by atoms with Crippen LogP contribution in [0.1, 0.15) is 19.4 Å². The Balaban J connectivity index is 2.29. The quantitative estimate of drug-likeness (QED) is 0.741. The van der Waals surface area contributed by atoms with Gasteiger partial charge in [0, 0.05) is 16.5 Å². The van der Waals surface area contributed by atoms with E-state index in [-0.39, 0.29) is 11.8 Å². The number of carbonyl (C=O) groups is 2. The average molecular weight is 265 g/mol. The smallest absolute Gasteiger partial charge is 0.261 e. The molecule has 0 bridgehead atoms. The minimum atomic E-state index is -0.216. The van der Waals surface area contributed by atoms with Crippen molar-refractivity contribution < 1.29 is 9.59 Å². The Bertz CT molecular complexity index is 763. The summed E-state index contributed by atoms with van der Waals surface area (Å²) in [6.07, 6.45) is 0. The summed E-state index contributed by atoms with van der Waals surface area (Å²) in [5, 5.41) is 1.95. The van der Waals surface area contributed by atoms with Gasteiger partial charge in [-0.1, -0.05) is 36.4 Å². The molecule has 100 valence electrons. The Morgan fingerprint density at radius 3 is 2.05 bits per heavy atom. The van der Waals surface area contributed by atoms with Crippen molar-refractivity contribution in [3.8, 4) is 0 Å². The topological polar surface area (TPSA) is 37.4 Å². The second-order valence-electron chi connectivity index (χ2n) is 5.15. The first-order chi connectivity index (χ1) is 9.52. The molecule has 3 nitrogen and oxygen atoms in total. The second kappa shape index (κ2) is 4.30. The number of imide groups is 1. The van der Waals surface area contributed by atoms with Crippen molar-refractivity contribution in [1.29, 1.82) is 0 Å². The van der Waals surface area contributed by atoms with Crippen molar-refractivity contribution in [2.45, 2.75) is 20.8 Å². The molecule has 0 atom stereocenters. The zero-order valence-corrected chi connectivity index (χ0v) is 11.7. The van der Waals surface area contributed by atoms with Crippen LogP contribution in [0, 0.1) is 6.92 Å². The summed E-state index contributed by atoms with van der Waals surface area (Å²) in [6.45, 7) is 5.33. The van der Waals surface area contributed by atoms with Gasteiger partial charge >= 0.3 is 0 Å². The number of anilines is 1. The van der Waals surface area contributed by atoms with E-state index in [1.54, 1.807) is 13.8 Å². The molecule has 0 radical (unpaired) electrons. The van der Waals surface area contributed by atoms with Gasteiger partial charge in [-0.2, -0.15) is 0 Å². The molecule has 0 unspecified atom stereocenters. The Morgan fingerprint density at radius 1 is 0.800 bits per heavy atom. The van der Waals surface area contributed by atoms with Crippen LogP contribution >= 0.6 is 0 Å². The number of aryl methyl sites for hydroxylation is 1. The zero-order valence-electron chi connectivity index (χ0n) is 11.7. The lowest BCUT2D eigenvalue weighted by Crippen LogP contribution is -2.32. The van der Waals surface area contributed by atoms with E-state index < -0.39 is 0 Å². The van der Waals surface area contributed by atoms with Crippen molar-refractivity contribution in [3.63, 3.8) is 0 Å². The molecule has 0 aliphatic carbocycles. The molecule has 20 heavy (non-hydrogen) atoms. The average Bonchev–Trinajstić information content (AvgIpc) is 2.64. The lowest BCUT2D eigenvalue weighted by Gasteiger charge is -2.20. The number of hydrogen-bond donors (Lipinski definition) is 0. The van der Waals surface area contributed by atoms with Crippen LogP contribution in [-0.4, -0.2) is 11.8 Å². The minimum Gasteiger partial charge on any atom is -0.269 e. The molecule has 0 saturated carbocycles. The minimum absolute atomic E-state index is 0.216. The summed E-state index contributed by atoms with van der Waals surface area (Å²) in [7, 11) is 0. The molecule has 2 amide bonds. The largest absolute Gasteiger partial charge is 0.269 e. The predicted octanol–water partition coefficient (Wildman–Crippen LogP) is 3.36. The van der Waals surface area contributed by atoms with E-state index in [1.165, 1.54) is 4.90 Å². The van der Waals surface area contributed by atoms with Gasteiger partial charge in [-0.25, -0.2) is 4.90 Å². The summed E-state index contributed by atoms with van der Waals surface area (Å²) in [5.74, 6) is -0.432. The summed E-state index contributed by atoms with van der Waals surface area (Å²) >= 11 is 0. The van der Waals surface area contributed by atoms with Gasteiger partial charge in [-0.15, -0.1) is 0 Å². The van der Waals surface area contributed by atoms with Crippen molar-refractivity contribution >= 4 is 28.3 Å². The third-order valence-electron chi connectivity index (χ3n) is 3.94. The van der Waals surface area contributed by atoms with Gasteiger partial charge in [0.2, 0.25) is 0 Å². The molecule has 1 heterocycles. The van der Waals surface area contributed by atoms with Crippen LogP contribution in [-0.2, 0) is 9.59 Å². The number of amides is 2. The Morgan fingerprint density at radius 2 is 1.40 bits per heavy atom. The molecule has 3 rings (SSSR count). The van der Waals surface area contributed by atoms with Crippen LogP contribution < -0.4 is 4.90 Å². The maximum atomic E-state index is 12.4. The highest BCUT2D eigenvalue weighted by atomic mass is 16.2. The molecular weight excluding hydrogens is 250 g/mol. The SMILES string of the molecule is CC1=C(C)C(=O)N(c2c(C)ccc3ccccc23)C1=O. The van der Waals surface area contributed by atoms with E-state index in [1.807, 2.05) is 43.3 Å². The molecule has 0 fully saturated rings. The molecule has 0 N–H and O–H groups in total. The van der Waals surface area contributed by atoms with Crippen LogP contribution in [0.15, 0.2) is 47.5 Å². The first kappa shape index (κ1) is 12.6. The molecule has 1 aliphatic rings. The molecular formula is C17H15NO2. The third kappa shape index (κ3) is 1.59. The van der Waals surface area contributed by atoms with Gasteiger partial charge in [-0.3, -0.25) is 9.59 Å². The zero-order chi connectivity index (χ0) is 14.4. The number of benzene rings is 2. The normalized spacial score (nSPS) is 15.7. The van der Waals surface area contributed by atoms with Crippen molar-refractivity contribution in [2.24, 2.45) is 0 Å². The van der Waals surface area contributed by atoms with Gasteiger partial charge < -0.3 is 0 Å². The van der Waals surface area contributed by atoms with Gasteiger partial charge in [0.15, 0.2) is 0 Å². The maximum Gasteiger partial charge on any atom is 0.261 e. The van der Waals surface area contributed by atoms with Crippen LogP contribution in [0.3, 0.4) is 0 Å². The fraction of sp³-hybridized carbons (Fsp3) is 0.176. The number of carbonyl (C=O) groups excluding carboxylic acids is 2. The number of nitrogens with zero attached hydrogens (tertiary/aromatic N) is 1. The summed E-state index contributed by atoms with van der Waals surface area (Å²) in [6, 6.07) is 11.7. The summed E-state index contributed by atoms with van der Waals surface area (Å²) in [4.78, 5) is 26.0. The van der Waals surface area contributed by atoms with E-state index in [4.69, 9.17) is 0 Å². The molecule has 2 aromatic carbocycles. The molecule has 2 aromatic rings. The first-order valence-electron chi connectivity index (χ1n) is 6.57. The Kier molecular flexibility index (Phi) is 2.71. The predicted molar refractivity (Wildman–Crippen MR) is 79.6 cm³/mol. The first-order valence-corrected chi connectivity index (χ1v) is 6.57. The lowest BCUT2D eigenvalue weighted by molar-refractivity contribution is -0.120. The van der Waals surface area contributed by atoms with E-state index in [9.17, 15) is 9.59 Å². The maximum absolute atomic E-state index is 12.4. The number of fused-ring (bicyclic) bond motifs is 1. The van der Waals surface area contributed by atoms with Crippen molar-refractivity contribution in [1.82, 2.24) is 0 Å². The summed E-state index contributed by atoms with van der Waals surface area (Å²) in [5.41, 5.74) is 2.69. The Labute approximate surface area is 117 Å². The van der Waals surface area contributed by atoms with Crippen molar-refractivity contribution in [2.75, 3.05) is 4.90 Å². The molecule has 3 heteroatoms. The molecule has 0 aromatic heterocycles. The highest BCUT2D eigenvalue weighted by Gasteiger charge is 2.35. The number of rotatable bonds is 1. The fourth-order valence-corrected chi connectivity index (χ4v) is 2.61. The van der Waals surface area contributed by atoms with E-state index >= 15 is 0 Å². The summed E-state index contributed by atoms with van der Waals surface area (Å²) < 4.78 is 0. The molecule has 0 saturated heterocycles. The van der Waals surface area contributed by atoms with Crippen LogP contribution in [0.25, 0.3) is 10.8 Å². The van der Waals surface area contributed by atoms with Gasteiger partial charge in [0.25, 0.3) is 11.8 Å². The standard InChI is InChI=1S/C17H15NO2/c1-10-8-9-13-6-4-5-7-14(13)15(10)18-16(19)11(2)12(3)17(18)20/h4-9H,1-3H3.